The zero-order chi connectivity index (χ0) is 7.40. The molecule has 0 aromatic heterocycles. The van der Waals surface area contributed by atoms with E-state index in [1.54, 1.807) is 0 Å². The van der Waals surface area contributed by atoms with E-state index in [0.717, 1.165) is 12.3 Å². The van der Waals surface area contributed by atoms with Gasteiger partial charge in [0.15, 0.2) is 0 Å². The minimum absolute atomic E-state index is 1.01. The summed E-state index contributed by atoms with van der Waals surface area (Å²) in [5.74, 6) is 2.40. The van der Waals surface area contributed by atoms with Crippen LogP contribution in [0.5, 0.6) is 0 Å². The molecule has 1 aliphatic rings. The molecule has 0 amide bonds. The number of hydrazone groups is 1. The van der Waals surface area contributed by atoms with Gasteiger partial charge in [0.1, 0.15) is 0 Å². The van der Waals surface area contributed by atoms with Gasteiger partial charge in [-0.15, -0.1) is 0 Å². The molecule has 0 saturated carbocycles. The van der Waals surface area contributed by atoms with Gasteiger partial charge in [0.25, 0.3) is 0 Å². The smallest absolute Gasteiger partial charge is 0.0487 e. The third-order valence-electron chi connectivity index (χ3n) is 1.57. The van der Waals surface area contributed by atoms with Crippen molar-refractivity contribution in [1.29, 1.82) is 0 Å². The van der Waals surface area contributed by atoms with Crippen molar-refractivity contribution in [2.24, 2.45) is 5.10 Å². The van der Waals surface area contributed by atoms with Gasteiger partial charge in [-0.05, 0) is 19.1 Å². The first-order valence-electron chi connectivity index (χ1n) is 3.68. The van der Waals surface area contributed by atoms with Crippen molar-refractivity contribution in [2.45, 2.75) is 13.3 Å². The first-order valence-corrected chi connectivity index (χ1v) is 4.83. The second-order valence-corrected chi connectivity index (χ2v) is 3.55. The molecule has 1 heterocycles. The van der Waals surface area contributed by atoms with Crippen molar-refractivity contribution in [3.05, 3.63) is 0 Å². The maximum atomic E-state index is 4.42. The second-order valence-electron chi connectivity index (χ2n) is 2.44. The number of nitrogens with zero attached hydrogens (tertiary/aromatic N) is 2. The lowest BCUT2D eigenvalue weighted by Crippen LogP contribution is -2.13. The van der Waals surface area contributed by atoms with Crippen LogP contribution in [-0.4, -0.2) is 35.8 Å². The molecule has 0 N–H and O–H groups in total. The van der Waals surface area contributed by atoms with Crippen LogP contribution >= 0.6 is 11.8 Å². The summed E-state index contributed by atoms with van der Waals surface area (Å²) in [6.07, 6.45) is 1.19. The highest BCUT2D eigenvalue weighted by Crippen LogP contribution is 2.14. The molecule has 10 heavy (non-hydrogen) atoms. The normalized spacial score (nSPS) is 22.0. The van der Waals surface area contributed by atoms with Gasteiger partial charge in [-0.2, -0.15) is 16.9 Å². The van der Waals surface area contributed by atoms with Gasteiger partial charge in [-0.25, -0.2) is 0 Å². The number of hydrogen-bond donors (Lipinski definition) is 0. The van der Waals surface area contributed by atoms with Gasteiger partial charge in [-0.3, -0.25) is 0 Å². The summed E-state index contributed by atoms with van der Waals surface area (Å²) in [7, 11) is 2.02. The zero-order valence-electron chi connectivity index (χ0n) is 6.63. The monoisotopic (exact) mass is 158 g/mol. The zero-order valence-corrected chi connectivity index (χ0v) is 7.45. The fourth-order valence-electron chi connectivity index (χ4n) is 0.843. The van der Waals surface area contributed by atoms with E-state index in [9.17, 15) is 0 Å². The van der Waals surface area contributed by atoms with Crippen LogP contribution in [0.2, 0.25) is 0 Å². The number of thioether (sulfide) groups is 1. The molecule has 3 heteroatoms. The van der Waals surface area contributed by atoms with Gasteiger partial charge in [-0.1, -0.05) is 0 Å². The largest absolute Gasteiger partial charge is 0.300 e. The fourth-order valence-corrected chi connectivity index (χ4v) is 1.81. The van der Waals surface area contributed by atoms with E-state index in [1.807, 2.05) is 23.8 Å². The summed E-state index contributed by atoms with van der Waals surface area (Å²) in [6.45, 7) is 3.13. The van der Waals surface area contributed by atoms with Gasteiger partial charge >= 0.3 is 0 Å². The van der Waals surface area contributed by atoms with Crippen molar-refractivity contribution in [1.82, 2.24) is 5.01 Å². The molecule has 0 unspecified atom stereocenters. The van der Waals surface area contributed by atoms with E-state index >= 15 is 0 Å². The molecule has 1 rings (SSSR count). The molecular weight excluding hydrogens is 144 g/mol. The third kappa shape index (κ3) is 2.21. The molecule has 1 fully saturated rings. The van der Waals surface area contributed by atoms with Crippen molar-refractivity contribution >= 4 is 17.5 Å². The van der Waals surface area contributed by atoms with Gasteiger partial charge in [0.2, 0.25) is 0 Å². The highest BCUT2D eigenvalue weighted by Gasteiger charge is 2.08. The fraction of sp³-hybridized carbons (Fsp3) is 0.857. The summed E-state index contributed by atoms with van der Waals surface area (Å²) in [6, 6.07) is 0. The number of hydrogen-bond acceptors (Lipinski definition) is 3. The average Bonchev–Trinajstić information content (AvgIpc) is 2.40. The van der Waals surface area contributed by atoms with Crippen LogP contribution in [0, 0.1) is 0 Å². The van der Waals surface area contributed by atoms with Crippen LogP contribution in [0.4, 0.5) is 0 Å². The summed E-state index contributed by atoms with van der Waals surface area (Å²) in [5.41, 5.74) is 1.36. The van der Waals surface area contributed by atoms with Crippen molar-refractivity contribution in [3.8, 4) is 0 Å². The SMILES string of the molecule is CCN(C)/N=C1\CCSC1. The van der Waals surface area contributed by atoms with Crippen LogP contribution < -0.4 is 0 Å². The summed E-state index contributed by atoms with van der Waals surface area (Å²) >= 11 is 1.98. The lowest BCUT2D eigenvalue weighted by molar-refractivity contribution is 0.374. The molecule has 58 valence electrons. The molecule has 0 radical (unpaired) electrons. The minimum atomic E-state index is 1.01. The predicted octanol–water partition coefficient (Wildman–Crippen LogP) is 1.43. The molecule has 1 saturated heterocycles. The Morgan fingerprint density at radius 2 is 2.50 bits per heavy atom. The Labute approximate surface area is 66.7 Å². The van der Waals surface area contributed by atoms with E-state index in [0.29, 0.717) is 0 Å². The molecule has 0 aliphatic carbocycles. The van der Waals surface area contributed by atoms with Crippen LogP contribution in [0.3, 0.4) is 0 Å². The third-order valence-corrected chi connectivity index (χ3v) is 2.60. The Morgan fingerprint density at radius 1 is 1.70 bits per heavy atom. The standard InChI is InChI=1S/C7H14N2S/c1-3-9(2)8-7-4-5-10-6-7/h3-6H2,1-2H3/b8-7+. The van der Waals surface area contributed by atoms with Crippen LogP contribution in [0.25, 0.3) is 0 Å². The van der Waals surface area contributed by atoms with E-state index < -0.39 is 0 Å². The molecule has 1 aliphatic heterocycles. The van der Waals surface area contributed by atoms with E-state index in [4.69, 9.17) is 0 Å². The highest BCUT2D eigenvalue weighted by molar-refractivity contribution is 8.00. The predicted molar refractivity (Wildman–Crippen MR) is 47.7 cm³/mol. The van der Waals surface area contributed by atoms with Gasteiger partial charge in [0, 0.05) is 25.1 Å². The summed E-state index contributed by atoms with van der Waals surface area (Å²) < 4.78 is 0. The first-order chi connectivity index (χ1) is 4.83. The summed E-state index contributed by atoms with van der Waals surface area (Å²) in [5, 5.41) is 6.42. The minimum Gasteiger partial charge on any atom is -0.300 e. The van der Waals surface area contributed by atoms with Crippen molar-refractivity contribution in [2.75, 3.05) is 25.1 Å². The molecule has 0 bridgehead atoms. The molecule has 0 aromatic rings. The average molecular weight is 158 g/mol. The Bertz CT molecular complexity index is 126. The van der Waals surface area contributed by atoms with Crippen molar-refractivity contribution < 1.29 is 0 Å². The summed E-state index contributed by atoms with van der Waals surface area (Å²) in [4.78, 5) is 0. The van der Waals surface area contributed by atoms with Gasteiger partial charge in [0.05, 0.1) is 0 Å². The van der Waals surface area contributed by atoms with Gasteiger partial charge < -0.3 is 5.01 Å². The maximum Gasteiger partial charge on any atom is 0.0487 e. The quantitative estimate of drug-likeness (QED) is 0.565. The highest BCUT2D eigenvalue weighted by atomic mass is 32.2. The Kier molecular flexibility index (Phi) is 3.06. The maximum absolute atomic E-state index is 4.42. The Morgan fingerprint density at radius 3 is 3.00 bits per heavy atom. The van der Waals surface area contributed by atoms with Crippen LogP contribution in [-0.2, 0) is 0 Å². The Hall–Kier alpha value is -0.180. The molecule has 0 spiro atoms. The number of rotatable bonds is 2. The van der Waals surface area contributed by atoms with E-state index in [2.05, 4.69) is 12.0 Å². The topological polar surface area (TPSA) is 15.6 Å². The van der Waals surface area contributed by atoms with Crippen LogP contribution in [0.1, 0.15) is 13.3 Å². The second kappa shape index (κ2) is 3.86. The molecule has 2 nitrogen and oxygen atoms in total. The first kappa shape index (κ1) is 7.92. The van der Waals surface area contributed by atoms with Crippen LogP contribution in [0.15, 0.2) is 5.10 Å². The lowest BCUT2D eigenvalue weighted by atomic mass is 10.3. The molecule has 0 atom stereocenters. The van der Waals surface area contributed by atoms with E-state index in [-0.39, 0.29) is 0 Å². The lowest BCUT2D eigenvalue weighted by Gasteiger charge is -2.09. The van der Waals surface area contributed by atoms with E-state index in [1.165, 1.54) is 17.9 Å². The van der Waals surface area contributed by atoms with Crippen molar-refractivity contribution in [3.63, 3.8) is 0 Å². The molecular formula is C7H14N2S. The molecule has 0 aromatic carbocycles. The Balaban J connectivity index is 2.37.